The van der Waals surface area contributed by atoms with Crippen LogP contribution in [0.25, 0.3) is 0 Å². The van der Waals surface area contributed by atoms with Crippen molar-refractivity contribution in [2.45, 2.75) is 11.3 Å². The molecule has 2 aliphatic heterocycles. The molecule has 108 valence electrons. The quantitative estimate of drug-likeness (QED) is 0.792. The Morgan fingerprint density at radius 3 is 2.80 bits per heavy atom. The zero-order valence-corrected chi connectivity index (χ0v) is 12.4. The van der Waals surface area contributed by atoms with Gasteiger partial charge in [-0.1, -0.05) is 18.2 Å². The Hall–Kier alpha value is -0.880. The maximum Gasteiger partial charge on any atom is 0.178 e. The molecule has 0 amide bonds. The summed E-state index contributed by atoms with van der Waals surface area (Å²) in [6.45, 7) is 6.36. The minimum Gasteiger partial charge on any atom is -0.379 e. The van der Waals surface area contributed by atoms with Crippen LogP contribution in [0.5, 0.6) is 0 Å². The highest BCUT2D eigenvalue weighted by Crippen LogP contribution is 2.31. The molecular formula is C15H20N2O2S. The molecule has 5 heteroatoms. The fourth-order valence-corrected chi connectivity index (χ4v) is 3.71. The average Bonchev–Trinajstić information content (AvgIpc) is 2.48. The first-order valence-corrected chi connectivity index (χ1v) is 7.95. The van der Waals surface area contributed by atoms with Crippen molar-refractivity contribution in [1.82, 2.24) is 9.21 Å². The number of benzene rings is 1. The summed E-state index contributed by atoms with van der Waals surface area (Å²) in [6.07, 6.45) is 1.10. The number of rotatable bonds is 4. The van der Waals surface area contributed by atoms with E-state index in [0.717, 1.165) is 56.3 Å². The number of fused-ring (bicyclic) bond motifs is 1. The standard InChI is InChI=1S/C15H20N2O2S/c18-14-12-17(20-15-5-2-1-4-13(14)15)7-3-6-16-8-10-19-11-9-16/h1-2,4-5H,3,6-12H2. The van der Waals surface area contributed by atoms with Crippen LogP contribution in [0.15, 0.2) is 29.2 Å². The van der Waals surface area contributed by atoms with Gasteiger partial charge in [0.1, 0.15) is 0 Å². The lowest BCUT2D eigenvalue weighted by molar-refractivity contribution is 0.0369. The van der Waals surface area contributed by atoms with Crippen LogP contribution in [0.4, 0.5) is 0 Å². The van der Waals surface area contributed by atoms with Crippen LogP contribution in [0.1, 0.15) is 16.8 Å². The molecule has 1 saturated heterocycles. The molecule has 0 spiro atoms. The lowest BCUT2D eigenvalue weighted by atomic mass is 10.1. The van der Waals surface area contributed by atoms with Gasteiger partial charge >= 0.3 is 0 Å². The first-order chi connectivity index (χ1) is 9.83. The van der Waals surface area contributed by atoms with Gasteiger partial charge in [0, 0.05) is 30.1 Å². The maximum atomic E-state index is 12.1. The number of Topliss-reactive ketones (excluding diaryl/α,β-unsaturated/α-hetero) is 1. The molecule has 2 heterocycles. The van der Waals surface area contributed by atoms with Gasteiger partial charge in [-0.25, -0.2) is 4.31 Å². The second kappa shape index (κ2) is 6.72. The summed E-state index contributed by atoms with van der Waals surface area (Å²) in [4.78, 5) is 15.6. The third kappa shape index (κ3) is 3.41. The largest absolute Gasteiger partial charge is 0.379 e. The highest BCUT2D eigenvalue weighted by atomic mass is 32.2. The number of hydrogen-bond acceptors (Lipinski definition) is 5. The van der Waals surface area contributed by atoms with E-state index in [-0.39, 0.29) is 5.78 Å². The summed E-state index contributed by atoms with van der Waals surface area (Å²) in [5.41, 5.74) is 0.877. The number of hydrogen-bond donors (Lipinski definition) is 0. The second-order valence-corrected chi connectivity index (χ2v) is 6.32. The van der Waals surface area contributed by atoms with Crippen molar-refractivity contribution in [2.75, 3.05) is 45.9 Å². The van der Waals surface area contributed by atoms with Gasteiger partial charge in [-0.2, -0.15) is 0 Å². The van der Waals surface area contributed by atoms with Crippen molar-refractivity contribution in [3.05, 3.63) is 29.8 Å². The van der Waals surface area contributed by atoms with E-state index >= 15 is 0 Å². The van der Waals surface area contributed by atoms with E-state index in [4.69, 9.17) is 4.74 Å². The van der Waals surface area contributed by atoms with Crippen molar-refractivity contribution in [2.24, 2.45) is 0 Å². The molecule has 1 aromatic carbocycles. The molecular weight excluding hydrogens is 272 g/mol. The third-order valence-electron chi connectivity index (χ3n) is 3.72. The maximum absolute atomic E-state index is 12.1. The summed E-state index contributed by atoms with van der Waals surface area (Å²) in [5.74, 6) is 0.241. The molecule has 1 fully saturated rings. The normalized spacial score (nSPS) is 20.9. The highest BCUT2D eigenvalue weighted by Gasteiger charge is 2.23. The van der Waals surface area contributed by atoms with Crippen molar-refractivity contribution in [1.29, 1.82) is 0 Å². The summed E-state index contributed by atoms with van der Waals surface area (Å²) in [7, 11) is 0. The van der Waals surface area contributed by atoms with Gasteiger partial charge in [-0.15, -0.1) is 0 Å². The van der Waals surface area contributed by atoms with Crippen molar-refractivity contribution in [3.63, 3.8) is 0 Å². The van der Waals surface area contributed by atoms with Gasteiger partial charge in [0.25, 0.3) is 0 Å². The Morgan fingerprint density at radius 2 is 1.95 bits per heavy atom. The zero-order chi connectivity index (χ0) is 13.8. The molecule has 0 saturated carbocycles. The van der Waals surface area contributed by atoms with E-state index in [2.05, 4.69) is 9.21 Å². The van der Waals surface area contributed by atoms with Crippen LogP contribution < -0.4 is 0 Å². The number of nitrogens with zero attached hydrogens (tertiary/aromatic N) is 2. The van der Waals surface area contributed by atoms with Crippen molar-refractivity contribution >= 4 is 17.7 Å². The molecule has 0 bridgehead atoms. The Kier molecular flexibility index (Phi) is 4.73. The monoisotopic (exact) mass is 292 g/mol. The number of morpholine rings is 1. The van der Waals surface area contributed by atoms with E-state index in [1.165, 1.54) is 0 Å². The van der Waals surface area contributed by atoms with Gasteiger partial charge in [0.2, 0.25) is 0 Å². The molecule has 0 unspecified atom stereocenters. The lowest BCUT2D eigenvalue weighted by Crippen LogP contribution is -2.38. The van der Waals surface area contributed by atoms with Crippen LogP contribution in [0.2, 0.25) is 0 Å². The first kappa shape index (κ1) is 14.1. The van der Waals surface area contributed by atoms with E-state index < -0.39 is 0 Å². The molecule has 0 aromatic heterocycles. The fourth-order valence-electron chi connectivity index (χ4n) is 2.61. The molecule has 0 radical (unpaired) electrons. The fraction of sp³-hybridized carbons (Fsp3) is 0.533. The van der Waals surface area contributed by atoms with Gasteiger partial charge in [0.05, 0.1) is 19.8 Å². The highest BCUT2D eigenvalue weighted by molar-refractivity contribution is 7.97. The molecule has 0 N–H and O–H groups in total. The second-order valence-electron chi connectivity index (χ2n) is 5.18. The SMILES string of the molecule is O=C1CN(CCCN2CCOCC2)Sc2ccccc21. The Balaban J connectivity index is 1.48. The van der Waals surface area contributed by atoms with Crippen molar-refractivity contribution < 1.29 is 9.53 Å². The number of ketones is 1. The van der Waals surface area contributed by atoms with E-state index in [1.54, 1.807) is 11.9 Å². The summed E-state index contributed by atoms with van der Waals surface area (Å²) >= 11 is 1.72. The van der Waals surface area contributed by atoms with Gasteiger partial charge in [0.15, 0.2) is 5.78 Å². The van der Waals surface area contributed by atoms with Crippen LogP contribution >= 0.6 is 11.9 Å². The van der Waals surface area contributed by atoms with Crippen LogP contribution in [0.3, 0.4) is 0 Å². The Morgan fingerprint density at radius 1 is 1.15 bits per heavy atom. The van der Waals surface area contributed by atoms with E-state index in [0.29, 0.717) is 6.54 Å². The predicted octanol–water partition coefficient (Wildman–Crippen LogP) is 1.91. The van der Waals surface area contributed by atoms with Gasteiger partial charge in [-0.05, 0) is 31.0 Å². The van der Waals surface area contributed by atoms with Gasteiger partial charge in [-0.3, -0.25) is 9.69 Å². The third-order valence-corrected chi connectivity index (χ3v) is 4.84. The average molecular weight is 292 g/mol. The molecule has 3 rings (SSSR count). The minimum atomic E-state index is 0.241. The lowest BCUT2D eigenvalue weighted by Gasteiger charge is -2.29. The number of ether oxygens (including phenoxy) is 1. The Bertz CT molecular complexity index is 475. The van der Waals surface area contributed by atoms with Crippen LogP contribution in [0, 0.1) is 0 Å². The number of carbonyl (C=O) groups excluding carboxylic acids is 1. The van der Waals surface area contributed by atoms with Crippen LogP contribution in [-0.4, -0.2) is 60.9 Å². The molecule has 1 aromatic rings. The molecule has 2 aliphatic rings. The minimum absolute atomic E-state index is 0.241. The summed E-state index contributed by atoms with van der Waals surface area (Å²) in [5, 5.41) is 0. The summed E-state index contributed by atoms with van der Waals surface area (Å²) in [6, 6.07) is 7.89. The Labute approximate surface area is 124 Å². The predicted molar refractivity (Wildman–Crippen MR) is 80.1 cm³/mol. The molecule has 0 aliphatic carbocycles. The van der Waals surface area contributed by atoms with E-state index in [9.17, 15) is 4.79 Å². The van der Waals surface area contributed by atoms with Gasteiger partial charge < -0.3 is 4.74 Å². The smallest absolute Gasteiger partial charge is 0.178 e. The molecule has 0 atom stereocenters. The number of carbonyl (C=O) groups is 1. The van der Waals surface area contributed by atoms with E-state index in [1.807, 2.05) is 24.3 Å². The first-order valence-electron chi connectivity index (χ1n) is 7.18. The molecule has 4 nitrogen and oxygen atoms in total. The zero-order valence-electron chi connectivity index (χ0n) is 11.6. The van der Waals surface area contributed by atoms with Crippen molar-refractivity contribution in [3.8, 4) is 0 Å². The van der Waals surface area contributed by atoms with Crippen LogP contribution in [-0.2, 0) is 4.74 Å². The molecule has 20 heavy (non-hydrogen) atoms. The topological polar surface area (TPSA) is 32.8 Å². The summed E-state index contributed by atoms with van der Waals surface area (Å²) < 4.78 is 7.53.